The number of amides is 1. The van der Waals surface area contributed by atoms with Gasteiger partial charge in [-0.15, -0.1) is 0 Å². The number of fused-ring (bicyclic) bond motifs is 1. The second kappa shape index (κ2) is 9.45. The number of nitrogen functional groups attached to an aromatic ring is 1. The van der Waals surface area contributed by atoms with Crippen molar-refractivity contribution in [2.24, 2.45) is 0 Å². The number of rotatable bonds is 6. The van der Waals surface area contributed by atoms with E-state index in [1.54, 1.807) is 18.2 Å². The van der Waals surface area contributed by atoms with Crippen LogP contribution in [0.3, 0.4) is 0 Å². The molecule has 0 saturated carbocycles. The molecule has 0 saturated heterocycles. The molecule has 1 amide bonds. The van der Waals surface area contributed by atoms with E-state index in [0.717, 1.165) is 42.8 Å². The van der Waals surface area contributed by atoms with Crippen LogP contribution in [0.15, 0.2) is 85.5 Å². The quantitative estimate of drug-likeness (QED) is 0.445. The van der Waals surface area contributed by atoms with Crippen LogP contribution in [0.1, 0.15) is 22.3 Å². The lowest BCUT2D eigenvalue weighted by Gasteiger charge is -2.29. The predicted molar refractivity (Wildman–Crippen MR) is 129 cm³/mol. The first kappa shape index (κ1) is 20.6. The maximum atomic E-state index is 12.1. The highest BCUT2D eigenvalue weighted by molar-refractivity contribution is 6.03. The third kappa shape index (κ3) is 5.30. The summed E-state index contributed by atoms with van der Waals surface area (Å²) in [5.74, 6) is -0.211. The first-order valence-corrected chi connectivity index (χ1v) is 10.5. The monoisotopic (exact) mass is 409 g/mol. The van der Waals surface area contributed by atoms with Gasteiger partial charge in [-0.3, -0.25) is 9.69 Å². The number of carbonyl (C=O) groups excluding carboxylic acids is 1. The fourth-order valence-corrected chi connectivity index (χ4v) is 3.84. The van der Waals surface area contributed by atoms with Crippen LogP contribution in [0.5, 0.6) is 0 Å². The van der Waals surface area contributed by atoms with E-state index in [-0.39, 0.29) is 5.91 Å². The molecule has 31 heavy (non-hydrogen) atoms. The number of nitrogens with one attached hydrogen (secondary N) is 1. The van der Waals surface area contributed by atoms with Crippen molar-refractivity contribution in [3.05, 3.63) is 108 Å². The second-order valence-corrected chi connectivity index (χ2v) is 7.86. The third-order valence-corrected chi connectivity index (χ3v) is 5.59. The largest absolute Gasteiger partial charge is 0.397 e. The summed E-state index contributed by atoms with van der Waals surface area (Å²) in [5.41, 5.74) is 13.1. The maximum Gasteiger partial charge on any atom is 0.248 e. The van der Waals surface area contributed by atoms with Crippen molar-refractivity contribution in [1.82, 2.24) is 4.90 Å². The lowest BCUT2D eigenvalue weighted by Crippen LogP contribution is -2.31. The molecule has 1 heterocycles. The Labute approximate surface area is 183 Å². The molecule has 1 aliphatic heterocycles. The summed E-state index contributed by atoms with van der Waals surface area (Å²) in [5, 5.41) is 2.79. The van der Waals surface area contributed by atoms with Gasteiger partial charge in [-0.2, -0.15) is 0 Å². The van der Waals surface area contributed by atoms with Crippen molar-refractivity contribution >= 4 is 28.9 Å². The van der Waals surface area contributed by atoms with Crippen LogP contribution in [0.2, 0.25) is 0 Å². The zero-order chi connectivity index (χ0) is 21.6. The molecule has 0 bridgehead atoms. The molecule has 0 atom stereocenters. The van der Waals surface area contributed by atoms with E-state index in [4.69, 9.17) is 5.73 Å². The molecule has 4 heteroatoms. The minimum Gasteiger partial charge on any atom is -0.397 e. The second-order valence-electron chi connectivity index (χ2n) is 7.86. The van der Waals surface area contributed by atoms with Crippen LogP contribution in [-0.4, -0.2) is 23.9 Å². The number of hydrogen-bond acceptors (Lipinski definition) is 3. The molecule has 0 unspecified atom stereocenters. The highest BCUT2D eigenvalue weighted by atomic mass is 16.1. The SMILES string of the molecule is C=C(CN1CCc2ccccc2C1)c1ccc(/C=C/C(=O)Nc2ccccc2N)cc1. The molecule has 0 spiro atoms. The van der Waals surface area contributed by atoms with Crippen molar-refractivity contribution in [2.45, 2.75) is 13.0 Å². The van der Waals surface area contributed by atoms with Gasteiger partial charge in [-0.1, -0.05) is 67.2 Å². The van der Waals surface area contributed by atoms with Gasteiger partial charge in [-0.25, -0.2) is 0 Å². The molecule has 156 valence electrons. The van der Waals surface area contributed by atoms with Gasteiger partial charge in [0.25, 0.3) is 0 Å². The predicted octanol–water partition coefficient (Wildman–Crippen LogP) is 4.99. The number of para-hydroxylation sites is 2. The number of nitrogens with zero attached hydrogens (tertiary/aromatic N) is 1. The molecule has 4 nitrogen and oxygen atoms in total. The van der Waals surface area contributed by atoms with Crippen molar-refractivity contribution in [3.8, 4) is 0 Å². The number of anilines is 2. The molecule has 4 rings (SSSR count). The van der Waals surface area contributed by atoms with E-state index in [1.165, 1.54) is 17.2 Å². The standard InChI is InChI=1S/C27H27N3O/c1-20(18-30-17-16-23-6-2-3-7-24(23)19-30)22-13-10-21(11-14-22)12-15-27(31)29-26-9-5-4-8-25(26)28/h2-15H,1,16-19,28H2,(H,29,31)/b15-12+. The van der Waals surface area contributed by atoms with Crippen LogP contribution >= 0.6 is 0 Å². The van der Waals surface area contributed by atoms with Crippen molar-refractivity contribution in [1.29, 1.82) is 0 Å². The van der Waals surface area contributed by atoms with E-state index in [1.807, 2.05) is 24.3 Å². The zero-order valence-electron chi connectivity index (χ0n) is 17.6. The maximum absolute atomic E-state index is 12.1. The fourth-order valence-electron chi connectivity index (χ4n) is 3.84. The van der Waals surface area contributed by atoms with E-state index >= 15 is 0 Å². The van der Waals surface area contributed by atoms with Crippen LogP contribution in [0, 0.1) is 0 Å². The zero-order valence-corrected chi connectivity index (χ0v) is 17.6. The normalized spacial score (nSPS) is 13.7. The van der Waals surface area contributed by atoms with E-state index in [0.29, 0.717) is 11.4 Å². The Morgan fingerprint density at radius 3 is 2.48 bits per heavy atom. The first-order chi connectivity index (χ1) is 15.1. The summed E-state index contributed by atoms with van der Waals surface area (Å²) in [4.78, 5) is 14.6. The van der Waals surface area contributed by atoms with Crippen molar-refractivity contribution < 1.29 is 4.79 Å². The van der Waals surface area contributed by atoms with Gasteiger partial charge in [0, 0.05) is 25.7 Å². The summed E-state index contributed by atoms with van der Waals surface area (Å²) in [6.07, 6.45) is 4.40. The molecule has 3 N–H and O–H groups in total. The van der Waals surface area contributed by atoms with Gasteiger partial charge < -0.3 is 11.1 Å². The Bertz CT molecular complexity index is 1120. The van der Waals surface area contributed by atoms with E-state index in [2.05, 4.69) is 53.2 Å². The fraction of sp³-hybridized carbons (Fsp3) is 0.148. The molecular weight excluding hydrogens is 382 g/mol. The highest BCUT2D eigenvalue weighted by Crippen LogP contribution is 2.22. The van der Waals surface area contributed by atoms with Gasteiger partial charge in [0.05, 0.1) is 11.4 Å². The molecule has 3 aromatic carbocycles. The molecular formula is C27H27N3O. The van der Waals surface area contributed by atoms with Crippen LogP contribution < -0.4 is 11.1 Å². The van der Waals surface area contributed by atoms with Gasteiger partial charge >= 0.3 is 0 Å². The van der Waals surface area contributed by atoms with Crippen LogP contribution in [0.25, 0.3) is 11.6 Å². The summed E-state index contributed by atoms with van der Waals surface area (Å²) in [6, 6.07) is 24.0. The van der Waals surface area contributed by atoms with Crippen LogP contribution in [0.4, 0.5) is 11.4 Å². The average Bonchev–Trinajstić information content (AvgIpc) is 2.79. The minimum absolute atomic E-state index is 0.211. The molecule has 0 aromatic heterocycles. The molecule has 0 aliphatic carbocycles. The lowest BCUT2D eigenvalue weighted by molar-refractivity contribution is -0.111. The Balaban J connectivity index is 1.32. The summed E-state index contributed by atoms with van der Waals surface area (Å²) >= 11 is 0. The Hall–Kier alpha value is -3.63. The Kier molecular flexibility index (Phi) is 6.29. The third-order valence-electron chi connectivity index (χ3n) is 5.59. The summed E-state index contributed by atoms with van der Waals surface area (Å²) < 4.78 is 0. The van der Waals surface area contributed by atoms with Crippen molar-refractivity contribution in [2.75, 3.05) is 24.1 Å². The minimum atomic E-state index is -0.211. The molecule has 1 aliphatic rings. The van der Waals surface area contributed by atoms with E-state index < -0.39 is 0 Å². The first-order valence-electron chi connectivity index (χ1n) is 10.5. The summed E-state index contributed by atoms with van der Waals surface area (Å²) in [6.45, 7) is 7.17. The van der Waals surface area contributed by atoms with Crippen molar-refractivity contribution in [3.63, 3.8) is 0 Å². The highest BCUT2D eigenvalue weighted by Gasteiger charge is 2.16. The van der Waals surface area contributed by atoms with Gasteiger partial charge in [0.1, 0.15) is 0 Å². The van der Waals surface area contributed by atoms with Gasteiger partial charge in [0.2, 0.25) is 5.91 Å². The molecule has 0 radical (unpaired) electrons. The van der Waals surface area contributed by atoms with Crippen LogP contribution in [-0.2, 0) is 17.8 Å². The number of carbonyl (C=O) groups is 1. The Morgan fingerprint density at radius 1 is 1.00 bits per heavy atom. The topological polar surface area (TPSA) is 58.4 Å². The van der Waals surface area contributed by atoms with Gasteiger partial charge in [0.15, 0.2) is 0 Å². The number of nitrogens with two attached hydrogens (primary N) is 1. The Morgan fingerprint density at radius 2 is 1.71 bits per heavy atom. The number of benzene rings is 3. The summed E-state index contributed by atoms with van der Waals surface area (Å²) in [7, 11) is 0. The van der Waals surface area contributed by atoms with Gasteiger partial charge in [-0.05, 0) is 52.5 Å². The molecule has 3 aromatic rings. The smallest absolute Gasteiger partial charge is 0.248 e. The molecule has 0 fully saturated rings. The lowest BCUT2D eigenvalue weighted by atomic mass is 9.98. The van der Waals surface area contributed by atoms with E-state index in [9.17, 15) is 4.79 Å². The number of hydrogen-bond donors (Lipinski definition) is 2. The average molecular weight is 410 g/mol.